The number of amides is 1. The molecule has 3 N–H and O–H groups in total. The molecule has 140 valence electrons. The first-order chi connectivity index (χ1) is 11.6. The Bertz CT molecular complexity index is 686. The normalized spacial score (nSPS) is 13.8. The van der Waals surface area contributed by atoms with Crippen LogP contribution in [0.15, 0.2) is 24.3 Å². The zero-order valence-corrected chi connectivity index (χ0v) is 14.7. The third-order valence-electron chi connectivity index (χ3n) is 3.02. The van der Waals surface area contributed by atoms with E-state index in [0.29, 0.717) is 5.56 Å². The van der Waals surface area contributed by atoms with E-state index in [9.17, 15) is 23.1 Å². The van der Waals surface area contributed by atoms with Crippen LogP contribution in [-0.2, 0) is 24.4 Å². The summed E-state index contributed by atoms with van der Waals surface area (Å²) in [6.07, 6.45) is -1.74. The molecule has 2 atom stereocenters. The SMILES string of the molecule is CCOC(O)C(NC(C)=O)c1ccc(OC(=O)CCS(=O)(=O)O)cc1. The summed E-state index contributed by atoms with van der Waals surface area (Å²) in [5.74, 6) is -1.76. The van der Waals surface area contributed by atoms with E-state index in [4.69, 9.17) is 14.0 Å². The first kappa shape index (κ1) is 21.0. The molecule has 0 aliphatic rings. The summed E-state index contributed by atoms with van der Waals surface area (Å²) in [6.45, 7) is 3.25. The molecule has 25 heavy (non-hydrogen) atoms. The van der Waals surface area contributed by atoms with Crippen molar-refractivity contribution >= 4 is 22.0 Å². The van der Waals surface area contributed by atoms with Crippen LogP contribution in [0.3, 0.4) is 0 Å². The number of carbonyl (C=O) groups excluding carboxylic acids is 2. The number of benzene rings is 1. The van der Waals surface area contributed by atoms with E-state index >= 15 is 0 Å². The van der Waals surface area contributed by atoms with Gasteiger partial charge in [-0.05, 0) is 24.6 Å². The number of ether oxygens (including phenoxy) is 2. The molecule has 9 nitrogen and oxygen atoms in total. The lowest BCUT2D eigenvalue weighted by Gasteiger charge is -2.23. The summed E-state index contributed by atoms with van der Waals surface area (Å²) in [6, 6.07) is 5.09. The fourth-order valence-corrected chi connectivity index (χ4v) is 2.37. The standard InChI is InChI=1S/C15H21NO8S/c1-3-23-15(19)14(16-10(2)17)11-4-6-12(7-5-11)24-13(18)8-9-25(20,21)22/h4-7,14-15,19H,3,8-9H2,1-2H3,(H,16,17)(H,20,21,22). The molecule has 0 saturated carbocycles. The van der Waals surface area contributed by atoms with Gasteiger partial charge in [0.1, 0.15) is 11.8 Å². The van der Waals surface area contributed by atoms with Gasteiger partial charge in [-0.25, -0.2) is 0 Å². The highest BCUT2D eigenvalue weighted by Crippen LogP contribution is 2.21. The van der Waals surface area contributed by atoms with E-state index < -0.39 is 40.6 Å². The molecule has 1 aromatic carbocycles. The van der Waals surface area contributed by atoms with Crippen molar-refractivity contribution in [1.29, 1.82) is 0 Å². The van der Waals surface area contributed by atoms with Crippen LogP contribution in [0.5, 0.6) is 5.75 Å². The van der Waals surface area contributed by atoms with Crippen molar-refractivity contribution in [2.24, 2.45) is 0 Å². The summed E-state index contributed by atoms with van der Waals surface area (Å²) in [4.78, 5) is 22.8. The number of nitrogens with one attached hydrogen (secondary N) is 1. The van der Waals surface area contributed by atoms with Gasteiger partial charge in [-0.3, -0.25) is 14.1 Å². The average molecular weight is 375 g/mol. The van der Waals surface area contributed by atoms with Gasteiger partial charge < -0.3 is 19.9 Å². The maximum Gasteiger partial charge on any atom is 0.312 e. The van der Waals surface area contributed by atoms with Gasteiger partial charge in [0.25, 0.3) is 10.1 Å². The quantitative estimate of drug-likeness (QED) is 0.244. The molecule has 0 fully saturated rings. The Morgan fingerprint density at radius 2 is 1.84 bits per heavy atom. The Morgan fingerprint density at radius 1 is 1.24 bits per heavy atom. The number of rotatable bonds is 9. The van der Waals surface area contributed by atoms with E-state index in [1.807, 2.05) is 0 Å². The molecule has 1 rings (SSSR count). The molecule has 0 aromatic heterocycles. The first-order valence-corrected chi connectivity index (χ1v) is 9.06. The third kappa shape index (κ3) is 8.07. The van der Waals surface area contributed by atoms with Gasteiger partial charge in [0.2, 0.25) is 5.91 Å². The van der Waals surface area contributed by atoms with E-state index in [1.165, 1.54) is 31.2 Å². The predicted molar refractivity (Wildman–Crippen MR) is 87.3 cm³/mol. The summed E-state index contributed by atoms with van der Waals surface area (Å²) in [5, 5.41) is 12.5. The first-order valence-electron chi connectivity index (χ1n) is 7.45. The van der Waals surface area contributed by atoms with Crippen LogP contribution in [0.1, 0.15) is 31.9 Å². The van der Waals surface area contributed by atoms with Crippen LogP contribution in [0.4, 0.5) is 0 Å². The summed E-state index contributed by atoms with van der Waals surface area (Å²) >= 11 is 0. The second-order valence-corrected chi connectivity index (χ2v) is 6.68. The molecule has 0 saturated heterocycles. The highest BCUT2D eigenvalue weighted by atomic mass is 32.2. The molecule has 0 aliphatic carbocycles. The number of esters is 1. The Kier molecular flexibility index (Phi) is 7.97. The smallest absolute Gasteiger partial charge is 0.312 e. The van der Waals surface area contributed by atoms with Gasteiger partial charge in [0.05, 0.1) is 12.2 Å². The van der Waals surface area contributed by atoms with Gasteiger partial charge in [-0.2, -0.15) is 8.42 Å². The van der Waals surface area contributed by atoms with Crippen LogP contribution in [0.25, 0.3) is 0 Å². The monoisotopic (exact) mass is 375 g/mol. The Hall–Kier alpha value is -2.01. The van der Waals surface area contributed by atoms with Crippen LogP contribution in [0, 0.1) is 0 Å². The molecule has 10 heteroatoms. The van der Waals surface area contributed by atoms with Crippen molar-refractivity contribution in [3.05, 3.63) is 29.8 Å². The van der Waals surface area contributed by atoms with Gasteiger partial charge >= 0.3 is 5.97 Å². The lowest BCUT2D eigenvalue weighted by Crippen LogP contribution is -2.36. The number of hydrogen-bond donors (Lipinski definition) is 3. The Balaban J connectivity index is 2.78. The summed E-state index contributed by atoms with van der Waals surface area (Å²) in [7, 11) is -4.24. The van der Waals surface area contributed by atoms with Crippen molar-refractivity contribution in [2.75, 3.05) is 12.4 Å². The second kappa shape index (κ2) is 9.47. The fourth-order valence-electron chi connectivity index (χ4n) is 1.94. The molecule has 1 aromatic rings. The highest BCUT2D eigenvalue weighted by Gasteiger charge is 2.22. The van der Waals surface area contributed by atoms with Gasteiger partial charge in [0.15, 0.2) is 6.29 Å². The number of aliphatic hydroxyl groups excluding tert-OH is 1. The molecule has 0 spiro atoms. The van der Waals surface area contributed by atoms with Gasteiger partial charge in [-0.1, -0.05) is 12.1 Å². The molecule has 0 aliphatic heterocycles. The second-order valence-electron chi connectivity index (χ2n) is 5.10. The molecular formula is C15H21NO8S. The third-order valence-corrected chi connectivity index (χ3v) is 3.74. The predicted octanol–water partition coefficient (Wildman–Crippen LogP) is 0.402. The average Bonchev–Trinajstić information content (AvgIpc) is 2.51. The minimum Gasteiger partial charge on any atom is -0.427 e. The number of aliphatic hydroxyl groups is 1. The van der Waals surface area contributed by atoms with Crippen LogP contribution >= 0.6 is 0 Å². The van der Waals surface area contributed by atoms with Crippen molar-refractivity contribution in [2.45, 2.75) is 32.6 Å². The summed E-state index contributed by atoms with van der Waals surface area (Å²) < 4.78 is 39.8. The highest BCUT2D eigenvalue weighted by molar-refractivity contribution is 7.85. The number of carbonyl (C=O) groups is 2. The molecule has 2 unspecified atom stereocenters. The molecule has 0 bridgehead atoms. The zero-order chi connectivity index (χ0) is 19.0. The van der Waals surface area contributed by atoms with E-state index in [-0.39, 0.29) is 18.3 Å². The maximum absolute atomic E-state index is 11.5. The van der Waals surface area contributed by atoms with Gasteiger partial charge in [-0.15, -0.1) is 0 Å². The number of hydrogen-bond acceptors (Lipinski definition) is 7. The Labute approximate surface area is 145 Å². The van der Waals surface area contributed by atoms with Crippen LogP contribution in [0.2, 0.25) is 0 Å². The van der Waals surface area contributed by atoms with Crippen LogP contribution < -0.4 is 10.1 Å². The molecular weight excluding hydrogens is 354 g/mol. The lowest BCUT2D eigenvalue weighted by molar-refractivity contribution is -0.134. The Morgan fingerprint density at radius 3 is 2.32 bits per heavy atom. The maximum atomic E-state index is 11.5. The van der Waals surface area contributed by atoms with Crippen molar-refractivity contribution < 1.29 is 37.1 Å². The van der Waals surface area contributed by atoms with E-state index in [2.05, 4.69) is 5.32 Å². The van der Waals surface area contributed by atoms with E-state index in [1.54, 1.807) is 6.92 Å². The van der Waals surface area contributed by atoms with Gasteiger partial charge in [0, 0.05) is 13.5 Å². The van der Waals surface area contributed by atoms with Crippen molar-refractivity contribution in [1.82, 2.24) is 5.32 Å². The largest absolute Gasteiger partial charge is 0.427 e. The van der Waals surface area contributed by atoms with Crippen molar-refractivity contribution in [3.63, 3.8) is 0 Å². The zero-order valence-electron chi connectivity index (χ0n) is 13.8. The van der Waals surface area contributed by atoms with E-state index in [0.717, 1.165) is 0 Å². The topological polar surface area (TPSA) is 139 Å². The summed E-state index contributed by atoms with van der Waals surface area (Å²) in [5.41, 5.74) is 0.522. The minimum absolute atomic E-state index is 0.150. The van der Waals surface area contributed by atoms with Crippen LogP contribution in [-0.4, -0.2) is 48.6 Å². The molecule has 0 heterocycles. The molecule has 1 amide bonds. The fraction of sp³-hybridized carbons (Fsp3) is 0.467. The lowest BCUT2D eigenvalue weighted by atomic mass is 10.1. The molecule has 0 radical (unpaired) electrons. The van der Waals surface area contributed by atoms with Crippen molar-refractivity contribution in [3.8, 4) is 5.75 Å². The minimum atomic E-state index is -4.24.